The minimum absolute atomic E-state index is 0. The Morgan fingerprint density at radius 2 is 0.400 bits per heavy atom. The molecule has 0 aliphatic heterocycles. The van der Waals surface area contributed by atoms with E-state index in [-0.39, 0.29) is 74.3 Å². The third kappa shape index (κ3) is 5960. The first-order valence-corrected chi connectivity index (χ1v) is 8.83. The van der Waals surface area contributed by atoms with Gasteiger partial charge >= 0.3 is 49.5 Å². The van der Waals surface area contributed by atoms with E-state index >= 15 is 0 Å². The fraction of sp³-hybridized carbons (Fsp3) is 0. The second-order valence-corrected chi connectivity index (χ2v) is 5.91. The molecule has 0 aromatic heterocycles. The van der Waals surface area contributed by atoms with E-state index in [0.29, 0.717) is 0 Å². The first-order valence-electron chi connectivity index (χ1n) is 2.94. The van der Waals surface area contributed by atoms with Crippen molar-refractivity contribution < 1.29 is 126 Å². The zero-order chi connectivity index (χ0) is 18.0. The number of nitrogens with two attached hydrogens (primary N) is 4. The van der Waals surface area contributed by atoms with Crippen LogP contribution in [0.3, 0.4) is 0 Å². The molecule has 0 saturated heterocycles. The fourth-order valence-electron chi connectivity index (χ4n) is 0. The number of hydrogen-bond acceptors (Lipinski definition) is 12. The Labute approximate surface area is 186 Å². The smallest absolute Gasteiger partial charge is 1.00 e. The van der Waals surface area contributed by atoms with Gasteiger partial charge in [-0.1, -0.05) is 0 Å². The van der Waals surface area contributed by atoms with Gasteiger partial charge in [0.2, 0.25) is 0 Å². The maximum absolute atomic E-state index is 8.85. The molecule has 0 amide bonds. The molecule has 0 heterocycles. The molecule has 0 atom stereocenters. The maximum Gasteiger partial charge on any atom is 2.00 e. The molecular formula is H8Cl2N4Ni3O12S4. The largest absolute Gasteiger partial charge is 2.00 e. The minimum atomic E-state index is -4.42. The molecule has 0 aromatic carbocycles. The van der Waals surface area contributed by atoms with E-state index in [1.807, 2.05) is 0 Å². The summed E-state index contributed by atoms with van der Waals surface area (Å²) < 4.78 is 106. The van der Waals surface area contributed by atoms with E-state index in [0.717, 1.165) is 0 Å². The second kappa shape index (κ2) is 23.6. The summed E-state index contributed by atoms with van der Waals surface area (Å²) in [7, 11) is -17.7. The van der Waals surface area contributed by atoms with Crippen LogP contribution >= 0.6 is 0 Å². The van der Waals surface area contributed by atoms with Gasteiger partial charge in [0, 0.05) is 0 Å². The molecule has 0 rings (SSSR count). The Balaban J connectivity index is -0.0000000183. The van der Waals surface area contributed by atoms with Crippen LogP contribution in [0.25, 0.3) is 0 Å². The van der Waals surface area contributed by atoms with Gasteiger partial charge in [-0.3, -0.25) is 0 Å². The Bertz CT molecular complexity index is 503. The SMILES string of the molecule is NS(=O)(=O)[O-].NS(=O)(=O)[O-].NS(=O)(=O)[O-].NS(=O)(=O)[O-].[Cl-].[Cl-].[Ni+2].[Ni+2].[Ni+2]. The normalized spacial score (nSPS) is 9.28. The van der Waals surface area contributed by atoms with Crippen molar-refractivity contribution in [2.45, 2.75) is 0 Å². The summed E-state index contributed by atoms with van der Waals surface area (Å²) in [4.78, 5) is 0. The standard InChI is InChI=1S/2ClH.4H3NO3S.3Ni/c;;4*1-5(2,3)4;;;/h2*1H;4*(H3,1,2,3,4);;;/q;;;;;;3*+2/p-6. The average molecular weight is 631 g/mol. The van der Waals surface area contributed by atoms with E-state index in [9.17, 15) is 0 Å². The van der Waals surface area contributed by atoms with Crippen molar-refractivity contribution in [3.63, 3.8) is 0 Å². The van der Waals surface area contributed by atoms with Crippen LogP contribution < -0.4 is 45.4 Å². The number of hydrogen-bond donors (Lipinski definition) is 4. The van der Waals surface area contributed by atoms with Gasteiger partial charge in [-0.05, 0) is 0 Å². The van der Waals surface area contributed by atoms with Gasteiger partial charge in [0.15, 0.2) is 41.2 Å². The Hall–Kier alpha value is 1.54. The molecule has 0 aliphatic rings. The molecular weight excluding hydrogens is 623 g/mol. The van der Waals surface area contributed by atoms with Gasteiger partial charge < -0.3 is 43.0 Å². The summed E-state index contributed by atoms with van der Waals surface area (Å²) in [6.45, 7) is 0. The zero-order valence-electron chi connectivity index (χ0n) is 10.5. The number of rotatable bonds is 0. The molecule has 0 radical (unpaired) electrons. The van der Waals surface area contributed by atoms with E-state index in [2.05, 4.69) is 20.6 Å². The molecule has 0 bridgehead atoms. The maximum atomic E-state index is 8.85. The van der Waals surface area contributed by atoms with Gasteiger partial charge in [0.1, 0.15) is 0 Å². The summed E-state index contributed by atoms with van der Waals surface area (Å²) in [6.07, 6.45) is 0. The van der Waals surface area contributed by atoms with Crippen LogP contribution in [0.2, 0.25) is 0 Å². The number of halogens is 2. The minimum Gasteiger partial charge on any atom is -1.00 e. The molecule has 0 unspecified atom stereocenters. The van der Waals surface area contributed by atoms with Crippen LogP contribution in [0, 0.1) is 0 Å². The molecule has 0 spiro atoms. The van der Waals surface area contributed by atoms with Gasteiger partial charge in [-0.25, -0.2) is 54.2 Å². The van der Waals surface area contributed by atoms with Crippen molar-refractivity contribution in [2.24, 2.45) is 20.6 Å². The third-order valence-electron chi connectivity index (χ3n) is 0. The van der Waals surface area contributed by atoms with E-state index in [1.165, 1.54) is 0 Å². The predicted octanol–water partition coefficient (Wildman–Crippen LogP) is -12.4. The summed E-state index contributed by atoms with van der Waals surface area (Å²) in [5, 5.41) is 15.1. The zero-order valence-corrected chi connectivity index (χ0v) is 18.3. The van der Waals surface area contributed by atoms with Crippen LogP contribution in [-0.2, 0) is 90.7 Å². The average Bonchev–Trinajstić information content (AvgIpc) is 1.62. The quantitative estimate of drug-likeness (QED) is 0.143. The molecule has 168 valence electrons. The fourth-order valence-corrected chi connectivity index (χ4v) is 0. The summed E-state index contributed by atoms with van der Waals surface area (Å²) in [6, 6.07) is 0. The van der Waals surface area contributed by atoms with Crippen LogP contribution in [-0.4, -0.2) is 51.9 Å². The van der Waals surface area contributed by atoms with E-state index < -0.39 is 41.2 Å². The van der Waals surface area contributed by atoms with Crippen LogP contribution in [0.4, 0.5) is 0 Å². The van der Waals surface area contributed by atoms with Gasteiger partial charge in [-0.2, -0.15) is 0 Å². The van der Waals surface area contributed by atoms with Gasteiger partial charge in [-0.15, -0.1) is 0 Å². The van der Waals surface area contributed by atoms with Crippen LogP contribution in [0.1, 0.15) is 0 Å². The van der Waals surface area contributed by atoms with Crippen molar-refractivity contribution in [3.8, 4) is 0 Å². The monoisotopic (exact) mass is 628 g/mol. The Morgan fingerprint density at radius 1 is 0.400 bits per heavy atom. The second-order valence-electron chi connectivity index (χ2n) is 1.97. The first kappa shape index (κ1) is 56.3. The summed E-state index contributed by atoms with van der Waals surface area (Å²) >= 11 is 0. The molecule has 25 heavy (non-hydrogen) atoms. The van der Waals surface area contributed by atoms with Gasteiger partial charge in [0.05, 0.1) is 0 Å². The topological polar surface area (TPSA) is 333 Å². The van der Waals surface area contributed by atoms with Crippen molar-refractivity contribution in [1.29, 1.82) is 0 Å². The van der Waals surface area contributed by atoms with E-state index in [4.69, 9.17) is 51.9 Å². The molecule has 25 heteroatoms. The van der Waals surface area contributed by atoms with Crippen LogP contribution in [0.15, 0.2) is 0 Å². The molecule has 0 aromatic rings. The first-order chi connectivity index (χ1) is 8.00. The molecule has 16 nitrogen and oxygen atoms in total. The summed E-state index contributed by atoms with van der Waals surface area (Å²) in [5.74, 6) is 0. The van der Waals surface area contributed by atoms with Crippen molar-refractivity contribution in [2.75, 3.05) is 0 Å². The Kier molecular flexibility index (Phi) is 53.1. The van der Waals surface area contributed by atoms with Crippen LogP contribution in [0.5, 0.6) is 0 Å². The predicted molar refractivity (Wildman–Crippen MR) is 55.5 cm³/mol. The molecule has 8 N–H and O–H groups in total. The van der Waals surface area contributed by atoms with Crippen molar-refractivity contribution >= 4 is 41.2 Å². The third-order valence-corrected chi connectivity index (χ3v) is 0. The van der Waals surface area contributed by atoms with Crippen molar-refractivity contribution in [3.05, 3.63) is 0 Å². The van der Waals surface area contributed by atoms with E-state index in [1.54, 1.807) is 0 Å². The molecule has 0 saturated carbocycles. The summed E-state index contributed by atoms with van der Waals surface area (Å²) in [5.41, 5.74) is 0. The van der Waals surface area contributed by atoms with Crippen molar-refractivity contribution in [1.82, 2.24) is 0 Å². The molecule has 0 fully saturated rings. The van der Waals surface area contributed by atoms with Gasteiger partial charge in [0.25, 0.3) is 0 Å². The Morgan fingerprint density at radius 3 is 0.400 bits per heavy atom. The molecule has 0 aliphatic carbocycles.